The topological polar surface area (TPSA) is 111 Å². The van der Waals surface area contributed by atoms with Gasteiger partial charge in [0, 0.05) is 23.8 Å². The molecule has 0 aromatic heterocycles. The van der Waals surface area contributed by atoms with Gasteiger partial charge in [0.1, 0.15) is 5.75 Å². The highest BCUT2D eigenvalue weighted by molar-refractivity contribution is 7.89. The Labute approximate surface area is 151 Å². The molecule has 0 heterocycles. The van der Waals surface area contributed by atoms with E-state index in [9.17, 15) is 18.5 Å². The van der Waals surface area contributed by atoms with Crippen LogP contribution >= 0.6 is 0 Å². The Bertz CT molecular complexity index is 937. The normalized spacial score (nSPS) is 11.9. The van der Waals surface area contributed by atoms with Gasteiger partial charge in [-0.1, -0.05) is 18.2 Å². The van der Waals surface area contributed by atoms with Gasteiger partial charge in [0.05, 0.1) is 16.9 Å². The monoisotopic (exact) mass is 377 g/mol. The summed E-state index contributed by atoms with van der Waals surface area (Å²) in [6, 6.07) is 11.0. The average molecular weight is 377 g/mol. The molecule has 0 aliphatic rings. The van der Waals surface area contributed by atoms with Crippen LogP contribution in [-0.4, -0.2) is 26.2 Å². The number of hydrogen-bond acceptors (Lipinski definition) is 6. The summed E-state index contributed by atoms with van der Waals surface area (Å²) in [5.74, 6) is 0.727. The zero-order chi connectivity index (χ0) is 19.3. The van der Waals surface area contributed by atoms with Crippen molar-refractivity contribution in [1.29, 1.82) is 0 Å². The number of nitro groups is 1. The lowest BCUT2D eigenvalue weighted by molar-refractivity contribution is -0.385. The minimum Gasteiger partial charge on any atom is -0.497 e. The maximum Gasteiger partial charge on any atom is 0.276 e. The second kappa shape index (κ2) is 7.96. The van der Waals surface area contributed by atoms with Crippen LogP contribution in [0.3, 0.4) is 0 Å². The molecule has 2 rings (SSSR count). The molecule has 0 unspecified atom stereocenters. The molecule has 0 radical (unpaired) electrons. The smallest absolute Gasteiger partial charge is 0.276 e. The minimum atomic E-state index is -3.99. The quantitative estimate of drug-likeness (QED) is 0.453. The van der Waals surface area contributed by atoms with Gasteiger partial charge in [0.2, 0.25) is 0 Å². The molecule has 0 aliphatic carbocycles. The van der Waals surface area contributed by atoms with Crippen molar-refractivity contribution in [2.45, 2.75) is 25.2 Å². The van der Waals surface area contributed by atoms with Gasteiger partial charge in [-0.3, -0.25) is 10.1 Å². The SMILES string of the molecule is COc1ccc(C/C(C)=N\NS(=O)(=O)c2ccc(C)c([N+](=O)[O-])c2)cc1. The Hall–Kier alpha value is -2.94. The van der Waals surface area contributed by atoms with E-state index >= 15 is 0 Å². The van der Waals surface area contributed by atoms with Gasteiger partial charge in [-0.25, -0.2) is 4.83 Å². The molecule has 0 bridgehead atoms. The van der Waals surface area contributed by atoms with Crippen LogP contribution in [0.4, 0.5) is 5.69 Å². The zero-order valence-corrected chi connectivity index (χ0v) is 15.4. The maximum atomic E-state index is 12.3. The molecule has 0 spiro atoms. The van der Waals surface area contributed by atoms with E-state index in [1.54, 1.807) is 33.1 Å². The first kappa shape index (κ1) is 19.4. The number of hydrogen-bond donors (Lipinski definition) is 1. The Balaban J connectivity index is 2.14. The molecule has 26 heavy (non-hydrogen) atoms. The van der Waals surface area contributed by atoms with Gasteiger partial charge in [-0.05, 0) is 37.6 Å². The lowest BCUT2D eigenvalue weighted by atomic mass is 10.1. The number of sulfonamides is 1. The number of nitro benzene ring substituents is 1. The van der Waals surface area contributed by atoms with Crippen molar-refractivity contribution in [3.8, 4) is 5.75 Å². The van der Waals surface area contributed by atoms with Crippen LogP contribution in [-0.2, 0) is 16.4 Å². The van der Waals surface area contributed by atoms with Crippen molar-refractivity contribution in [1.82, 2.24) is 4.83 Å². The summed E-state index contributed by atoms with van der Waals surface area (Å²) in [6.07, 6.45) is 0.445. The largest absolute Gasteiger partial charge is 0.497 e. The number of methoxy groups -OCH3 is 1. The molecule has 8 nitrogen and oxygen atoms in total. The third kappa shape index (κ3) is 4.79. The number of hydrazone groups is 1. The van der Waals surface area contributed by atoms with Gasteiger partial charge in [-0.15, -0.1) is 0 Å². The number of aryl methyl sites for hydroxylation is 1. The first-order valence-corrected chi connectivity index (χ1v) is 9.14. The van der Waals surface area contributed by atoms with Gasteiger partial charge < -0.3 is 4.74 Å². The van der Waals surface area contributed by atoms with E-state index in [1.165, 1.54) is 12.1 Å². The van der Waals surface area contributed by atoms with Crippen molar-refractivity contribution in [3.05, 3.63) is 63.7 Å². The summed E-state index contributed by atoms with van der Waals surface area (Å²) in [4.78, 5) is 12.3. The van der Waals surface area contributed by atoms with Crippen molar-refractivity contribution in [2.24, 2.45) is 5.10 Å². The van der Waals surface area contributed by atoms with E-state index in [-0.39, 0.29) is 10.6 Å². The molecule has 138 valence electrons. The molecule has 9 heteroatoms. The van der Waals surface area contributed by atoms with Crippen molar-refractivity contribution >= 4 is 21.4 Å². The van der Waals surface area contributed by atoms with Crippen LogP contribution < -0.4 is 9.57 Å². The average Bonchev–Trinajstić information content (AvgIpc) is 2.60. The van der Waals surface area contributed by atoms with E-state index in [0.29, 0.717) is 17.7 Å². The third-order valence-corrected chi connectivity index (χ3v) is 4.87. The van der Waals surface area contributed by atoms with E-state index in [4.69, 9.17) is 4.74 Å². The van der Waals surface area contributed by atoms with E-state index in [2.05, 4.69) is 9.93 Å². The Morgan fingerprint density at radius 2 is 1.88 bits per heavy atom. The van der Waals surface area contributed by atoms with Crippen LogP contribution in [0.2, 0.25) is 0 Å². The van der Waals surface area contributed by atoms with Gasteiger partial charge in [-0.2, -0.15) is 13.5 Å². The summed E-state index contributed by atoms with van der Waals surface area (Å²) in [7, 11) is -2.42. The second-order valence-corrected chi connectivity index (χ2v) is 7.33. The fourth-order valence-corrected chi connectivity index (χ4v) is 3.12. The standard InChI is InChI=1S/C17H19N3O5S/c1-12-4-9-16(11-17(12)20(21)22)26(23,24)19-18-13(2)10-14-5-7-15(25-3)8-6-14/h4-9,11,19H,10H2,1-3H3/b18-13-. The number of nitrogens with zero attached hydrogens (tertiary/aromatic N) is 2. The lowest BCUT2D eigenvalue weighted by Gasteiger charge is -2.07. The maximum absolute atomic E-state index is 12.3. The number of benzene rings is 2. The van der Waals surface area contributed by atoms with Crippen LogP contribution in [0.5, 0.6) is 5.75 Å². The summed E-state index contributed by atoms with van der Waals surface area (Å²) in [5, 5.41) is 14.9. The van der Waals surface area contributed by atoms with E-state index in [0.717, 1.165) is 17.4 Å². The summed E-state index contributed by atoms with van der Waals surface area (Å²) < 4.78 is 29.7. The Kier molecular flexibility index (Phi) is 5.93. The van der Waals surface area contributed by atoms with Gasteiger partial charge in [0.25, 0.3) is 15.7 Å². The molecule has 0 aliphatic heterocycles. The van der Waals surface area contributed by atoms with Crippen LogP contribution in [0.15, 0.2) is 52.5 Å². The number of nitrogens with one attached hydrogen (secondary N) is 1. The van der Waals surface area contributed by atoms with Gasteiger partial charge >= 0.3 is 0 Å². The molecule has 1 N–H and O–H groups in total. The highest BCUT2D eigenvalue weighted by Gasteiger charge is 2.19. The van der Waals surface area contributed by atoms with Crippen LogP contribution in [0.1, 0.15) is 18.1 Å². The molecular formula is C17H19N3O5S. The molecule has 2 aromatic carbocycles. The van der Waals surface area contributed by atoms with Crippen LogP contribution in [0.25, 0.3) is 0 Å². The van der Waals surface area contributed by atoms with Gasteiger partial charge in [0.15, 0.2) is 0 Å². The molecular weight excluding hydrogens is 358 g/mol. The lowest BCUT2D eigenvalue weighted by Crippen LogP contribution is -2.20. The number of ether oxygens (including phenoxy) is 1. The van der Waals surface area contributed by atoms with Crippen molar-refractivity contribution in [3.63, 3.8) is 0 Å². The summed E-state index contributed by atoms with van der Waals surface area (Å²) in [5.41, 5.74) is 1.61. The zero-order valence-electron chi connectivity index (χ0n) is 14.6. The molecule has 0 saturated heterocycles. The van der Waals surface area contributed by atoms with Crippen molar-refractivity contribution in [2.75, 3.05) is 7.11 Å². The molecule has 0 atom stereocenters. The molecule has 2 aromatic rings. The first-order valence-electron chi connectivity index (χ1n) is 7.66. The number of rotatable bonds is 7. The highest BCUT2D eigenvalue weighted by Crippen LogP contribution is 2.22. The molecule has 0 saturated carbocycles. The van der Waals surface area contributed by atoms with Crippen LogP contribution in [0, 0.1) is 17.0 Å². The summed E-state index contributed by atoms with van der Waals surface area (Å²) in [6.45, 7) is 3.23. The highest BCUT2D eigenvalue weighted by atomic mass is 32.2. The van der Waals surface area contributed by atoms with Crippen molar-refractivity contribution < 1.29 is 18.1 Å². The Morgan fingerprint density at radius 3 is 2.46 bits per heavy atom. The van der Waals surface area contributed by atoms with E-state index in [1.807, 2.05) is 12.1 Å². The Morgan fingerprint density at radius 1 is 1.23 bits per heavy atom. The molecule has 0 fully saturated rings. The molecule has 0 amide bonds. The first-order chi connectivity index (χ1) is 12.2. The second-order valence-electron chi connectivity index (χ2n) is 5.67. The predicted molar refractivity (Wildman–Crippen MR) is 98.0 cm³/mol. The van der Waals surface area contributed by atoms with E-state index < -0.39 is 14.9 Å². The third-order valence-electron chi connectivity index (χ3n) is 3.66. The minimum absolute atomic E-state index is 0.212. The fraction of sp³-hybridized carbons (Fsp3) is 0.235. The predicted octanol–water partition coefficient (Wildman–Crippen LogP) is 2.81. The summed E-state index contributed by atoms with van der Waals surface area (Å²) >= 11 is 0. The fourth-order valence-electron chi connectivity index (χ4n) is 2.22.